The van der Waals surface area contributed by atoms with Crippen LogP contribution in [0.25, 0.3) is 6.08 Å². The number of ether oxygens (including phenoxy) is 3. The van der Waals surface area contributed by atoms with E-state index in [0.717, 1.165) is 5.41 Å². The van der Waals surface area contributed by atoms with Crippen LogP contribution in [0.5, 0.6) is 17.2 Å². The molecule has 0 spiro atoms. The van der Waals surface area contributed by atoms with Gasteiger partial charge in [-0.1, -0.05) is 0 Å². The minimum absolute atomic E-state index is 0.138. The number of hydrogen-bond donors (Lipinski definition) is 1. The Morgan fingerprint density at radius 1 is 1.00 bits per heavy atom. The van der Waals surface area contributed by atoms with Crippen LogP contribution in [0.3, 0.4) is 0 Å². The van der Waals surface area contributed by atoms with Gasteiger partial charge in [0.15, 0.2) is 0 Å². The lowest BCUT2D eigenvalue weighted by Gasteiger charge is -2.12. The van der Waals surface area contributed by atoms with Gasteiger partial charge in [0.1, 0.15) is 17.2 Å². The summed E-state index contributed by atoms with van der Waals surface area (Å²) in [6.45, 7) is 0. The lowest BCUT2D eigenvalue weighted by Crippen LogP contribution is -2.08. The fourth-order valence-corrected chi connectivity index (χ4v) is 3.05. The Morgan fingerprint density at radius 2 is 1.56 bits per heavy atom. The average molecular weight is 394 g/mol. The topological polar surface area (TPSA) is 117 Å². The molecule has 10 heteroatoms. The fraction of sp³-hybridized carbons (Fsp3) is 0.176. The summed E-state index contributed by atoms with van der Waals surface area (Å²) in [5, 5.41) is 11.6. The highest BCUT2D eigenvalue weighted by Gasteiger charge is 2.13. The number of sulfonamides is 1. The minimum atomic E-state index is -3.87. The molecule has 0 atom stereocenters. The van der Waals surface area contributed by atoms with Crippen LogP contribution in [0.4, 0.5) is 11.4 Å². The zero-order valence-electron chi connectivity index (χ0n) is 14.8. The predicted octanol–water partition coefficient (Wildman–Crippen LogP) is 3.03. The molecular weight excluding hydrogens is 376 g/mol. The van der Waals surface area contributed by atoms with Crippen molar-refractivity contribution in [1.82, 2.24) is 0 Å². The van der Waals surface area contributed by atoms with Gasteiger partial charge < -0.3 is 14.2 Å². The fourth-order valence-electron chi connectivity index (χ4n) is 2.20. The maximum absolute atomic E-state index is 12.3. The highest BCUT2D eigenvalue weighted by molar-refractivity contribution is 7.95. The Labute approximate surface area is 156 Å². The van der Waals surface area contributed by atoms with E-state index in [-0.39, 0.29) is 11.4 Å². The van der Waals surface area contributed by atoms with E-state index < -0.39 is 14.9 Å². The molecule has 144 valence electrons. The van der Waals surface area contributed by atoms with Gasteiger partial charge in [0, 0.05) is 30.0 Å². The first-order valence-corrected chi connectivity index (χ1v) is 9.09. The minimum Gasteiger partial charge on any atom is -0.496 e. The van der Waals surface area contributed by atoms with E-state index >= 15 is 0 Å². The summed E-state index contributed by atoms with van der Waals surface area (Å²) in [5.41, 5.74) is 0.468. The number of non-ortho nitro benzene ring substituents is 1. The molecule has 2 aromatic carbocycles. The molecule has 0 unspecified atom stereocenters. The molecule has 0 aliphatic heterocycles. The monoisotopic (exact) mass is 394 g/mol. The maximum atomic E-state index is 12.3. The zero-order chi connectivity index (χ0) is 20.0. The Bertz CT molecular complexity index is 929. The van der Waals surface area contributed by atoms with Crippen molar-refractivity contribution in [2.45, 2.75) is 0 Å². The first-order valence-electron chi connectivity index (χ1n) is 7.55. The van der Waals surface area contributed by atoms with Gasteiger partial charge in [-0.2, -0.15) is 0 Å². The summed E-state index contributed by atoms with van der Waals surface area (Å²) in [6, 6.07) is 8.21. The Kier molecular flexibility index (Phi) is 6.24. The SMILES string of the molecule is COc1cc(OC)c(/C=C/S(=O)(=O)Nc2ccc([N+](=O)[O-])cc2)c(OC)c1. The number of nitrogens with zero attached hydrogens (tertiary/aromatic N) is 1. The largest absolute Gasteiger partial charge is 0.496 e. The smallest absolute Gasteiger partial charge is 0.269 e. The molecule has 0 aromatic heterocycles. The van der Waals surface area contributed by atoms with Crippen LogP contribution in [-0.4, -0.2) is 34.7 Å². The van der Waals surface area contributed by atoms with Crippen LogP contribution in [-0.2, 0) is 10.0 Å². The molecule has 0 aliphatic rings. The van der Waals surface area contributed by atoms with E-state index in [2.05, 4.69) is 4.72 Å². The van der Waals surface area contributed by atoms with Gasteiger partial charge in [-0.05, 0) is 18.2 Å². The number of benzene rings is 2. The van der Waals surface area contributed by atoms with E-state index in [4.69, 9.17) is 14.2 Å². The standard InChI is InChI=1S/C17H18N2O7S/c1-24-14-10-16(25-2)15(17(11-14)26-3)8-9-27(22,23)18-12-4-6-13(7-5-12)19(20)21/h4-11,18H,1-3H3/b9-8+. The molecule has 0 aliphatic carbocycles. The third-order valence-corrected chi connectivity index (χ3v) is 4.52. The molecule has 1 N–H and O–H groups in total. The number of nitro benzene ring substituents is 1. The molecule has 0 radical (unpaired) electrons. The molecule has 2 rings (SSSR count). The first kappa shape index (κ1) is 20.0. The summed E-state index contributed by atoms with van der Waals surface area (Å²) in [5.74, 6) is 1.23. The van der Waals surface area contributed by atoms with Crippen molar-refractivity contribution in [3.8, 4) is 17.2 Å². The number of methoxy groups -OCH3 is 3. The molecule has 2 aromatic rings. The van der Waals surface area contributed by atoms with Crippen LogP contribution in [0.1, 0.15) is 5.56 Å². The van der Waals surface area contributed by atoms with Crippen molar-refractivity contribution in [3.05, 3.63) is 57.5 Å². The van der Waals surface area contributed by atoms with Crippen molar-refractivity contribution in [3.63, 3.8) is 0 Å². The number of nitrogens with one attached hydrogen (secondary N) is 1. The van der Waals surface area contributed by atoms with Gasteiger partial charge in [-0.15, -0.1) is 0 Å². The average Bonchev–Trinajstić information content (AvgIpc) is 2.65. The molecule has 0 bridgehead atoms. The second-order valence-electron chi connectivity index (χ2n) is 5.20. The second-order valence-corrected chi connectivity index (χ2v) is 6.77. The van der Waals surface area contributed by atoms with Crippen LogP contribution >= 0.6 is 0 Å². The van der Waals surface area contributed by atoms with Gasteiger partial charge in [0.25, 0.3) is 15.7 Å². The van der Waals surface area contributed by atoms with E-state index in [1.54, 1.807) is 12.1 Å². The predicted molar refractivity (Wildman–Crippen MR) is 101 cm³/mol. The van der Waals surface area contributed by atoms with Gasteiger partial charge in [0.2, 0.25) is 0 Å². The first-order chi connectivity index (χ1) is 12.8. The third-order valence-electron chi connectivity index (χ3n) is 3.51. The van der Waals surface area contributed by atoms with Crippen LogP contribution in [0.15, 0.2) is 41.8 Å². The van der Waals surface area contributed by atoms with Crippen molar-refractivity contribution in [2.75, 3.05) is 26.1 Å². The molecule has 0 saturated heterocycles. The van der Waals surface area contributed by atoms with Crippen molar-refractivity contribution in [2.24, 2.45) is 0 Å². The van der Waals surface area contributed by atoms with E-state index in [1.807, 2.05) is 0 Å². The number of anilines is 1. The van der Waals surface area contributed by atoms with Crippen LogP contribution in [0, 0.1) is 10.1 Å². The van der Waals surface area contributed by atoms with Gasteiger partial charge in [-0.3, -0.25) is 14.8 Å². The van der Waals surface area contributed by atoms with Gasteiger partial charge >= 0.3 is 0 Å². The lowest BCUT2D eigenvalue weighted by atomic mass is 10.1. The molecular formula is C17H18N2O7S. The normalized spacial score (nSPS) is 11.2. The maximum Gasteiger partial charge on any atom is 0.269 e. The van der Waals surface area contributed by atoms with E-state index in [9.17, 15) is 18.5 Å². The molecule has 0 heterocycles. The van der Waals surface area contributed by atoms with E-state index in [0.29, 0.717) is 22.8 Å². The number of rotatable bonds is 8. The summed E-state index contributed by atoms with van der Waals surface area (Å²) in [6.07, 6.45) is 1.32. The molecule has 9 nitrogen and oxygen atoms in total. The van der Waals surface area contributed by atoms with Crippen molar-refractivity contribution < 1.29 is 27.6 Å². The van der Waals surface area contributed by atoms with E-state index in [1.165, 1.54) is 51.7 Å². The van der Waals surface area contributed by atoms with Crippen LogP contribution < -0.4 is 18.9 Å². The summed E-state index contributed by atoms with van der Waals surface area (Å²) >= 11 is 0. The number of hydrogen-bond acceptors (Lipinski definition) is 7. The Morgan fingerprint density at radius 3 is 2.00 bits per heavy atom. The Hall–Kier alpha value is -3.27. The molecule has 27 heavy (non-hydrogen) atoms. The summed E-state index contributed by atoms with van der Waals surface area (Å²) in [7, 11) is 0.493. The molecule has 0 saturated carbocycles. The lowest BCUT2D eigenvalue weighted by molar-refractivity contribution is -0.384. The summed E-state index contributed by atoms with van der Waals surface area (Å²) in [4.78, 5) is 10.1. The highest BCUT2D eigenvalue weighted by Crippen LogP contribution is 2.35. The molecule has 0 fully saturated rings. The quantitative estimate of drug-likeness (QED) is 0.540. The highest BCUT2D eigenvalue weighted by atomic mass is 32.2. The zero-order valence-corrected chi connectivity index (χ0v) is 15.6. The van der Waals surface area contributed by atoms with Gasteiger partial charge in [0.05, 0.1) is 37.2 Å². The van der Waals surface area contributed by atoms with Crippen LogP contribution in [0.2, 0.25) is 0 Å². The van der Waals surface area contributed by atoms with Crippen molar-refractivity contribution >= 4 is 27.5 Å². The second kappa shape index (κ2) is 8.41. The van der Waals surface area contributed by atoms with Crippen molar-refractivity contribution in [1.29, 1.82) is 0 Å². The number of nitro groups is 1. The van der Waals surface area contributed by atoms with Gasteiger partial charge in [-0.25, -0.2) is 8.42 Å². The third kappa shape index (κ3) is 5.11. The molecule has 0 amide bonds. The Balaban J connectivity index is 2.29. The summed E-state index contributed by atoms with van der Waals surface area (Å²) < 4.78 is 42.5.